The summed E-state index contributed by atoms with van der Waals surface area (Å²) in [6.07, 6.45) is 6.27. The molecule has 4 N–H and O–H groups in total. The number of aromatic hydroxyl groups is 1. The first-order chi connectivity index (χ1) is 12.2. The topological polar surface area (TPSA) is 90.3 Å². The summed E-state index contributed by atoms with van der Waals surface area (Å²) in [5.41, 5.74) is 1.18. The van der Waals surface area contributed by atoms with E-state index in [-0.39, 0.29) is 11.7 Å². The van der Waals surface area contributed by atoms with E-state index in [4.69, 9.17) is 10.1 Å². The first kappa shape index (κ1) is 17.5. The van der Waals surface area contributed by atoms with Gasteiger partial charge in [0, 0.05) is 6.54 Å². The Morgan fingerprint density at radius 3 is 2.84 bits per heavy atom. The van der Waals surface area contributed by atoms with Crippen molar-refractivity contribution in [1.82, 2.24) is 9.69 Å². The molecule has 6 nitrogen and oxygen atoms in total. The third kappa shape index (κ3) is 4.22. The smallest absolute Gasteiger partial charge is 0.236 e. The lowest BCUT2D eigenvalue weighted by Gasteiger charge is -2.22. The zero-order chi connectivity index (χ0) is 17.6. The second-order valence-corrected chi connectivity index (χ2v) is 7.07. The summed E-state index contributed by atoms with van der Waals surface area (Å²) < 4.78 is 9.34. The molecule has 0 radical (unpaired) electrons. The van der Waals surface area contributed by atoms with Crippen LogP contribution in [0.4, 0.5) is 10.7 Å². The van der Waals surface area contributed by atoms with E-state index in [1.54, 1.807) is 7.11 Å². The van der Waals surface area contributed by atoms with Crippen LogP contribution in [0.3, 0.4) is 0 Å². The number of hydrogen-bond donors (Lipinski definition) is 4. The van der Waals surface area contributed by atoms with Crippen LogP contribution in [0, 0.1) is 11.3 Å². The molecule has 0 bridgehead atoms. The minimum absolute atomic E-state index is 0.122. The van der Waals surface area contributed by atoms with Crippen molar-refractivity contribution in [3.8, 4) is 11.6 Å². The highest BCUT2D eigenvalue weighted by molar-refractivity contribution is 7.11. The summed E-state index contributed by atoms with van der Waals surface area (Å²) in [6, 6.07) is 7.54. The molecule has 0 atom stereocenters. The highest BCUT2D eigenvalue weighted by Gasteiger charge is 2.20. The Morgan fingerprint density at radius 1 is 1.32 bits per heavy atom. The van der Waals surface area contributed by atoms with Gasteiger partial charge in [0.1, 0.15) is 22.1 Å². The molecule has 0 unspecified atom stereocenters. The van der Waals surface area contributed by atoms with Gasteiger partial charge in [0.15, 0.2) is 0 Å². The largest absolute Gasteiger partial charge is 0.495 e. The normalized spacial score (nSPS) is 14.9. The Bertz CT molecular complexity index is 726. The molecule has 25 heavy (non-hydrogen) atoms. The first-order valence-corrected chi connectivity index (χ1v) is 9.38. The summed E-state index contributed by atoms with van der Waals surface area (Å²) in [7, 11) is 1.61. The van der Waals surface area contributed by atoms with Crippen LogP contribution >= 0.6 is 11.5 Å². The molecule has 1 aromatic carbocycles. The minimum atomic E-state index is -0.122. The zero-order valence-corrected chi connectivity index (χ0v) is 15.2. The maximum atomic E-state index is 10.1. The lowest BCUT2D eigenvalue weighted by atomic mass is 9.89. The van der Waals surface area contributed by atoms with E-state index < -0.39 is 0 Å². The number of benzene rings is 1. The Kier molecular flexibility index (Phi) is 5.75. The molecule has 1 fully saturated rings. The molecular weight excluding hydrogens is 336 g/mol. The summed E-state index contributed by atoms with van der Waals surface area (Å²) in [5.74, 6) is 1.38. The fraction of sp³-hybridized carbons (Fsp3) is 0.444. The number of ether oxygens (including phenoxy) is 1. The summed E-state index contributed by atoms with van der Waals surface area (Å²) >= 11 is 1.13. The Morgan fingerprint density at radius 2 is 2.08 bits per heavy atom. The van der Waals surface area contributed by atoms with Gasteiger partial charge in [-0.05, 0) is 42.4 Å². The van der Waals surface area contributed by atoms with Crippen molar-refractivity contribution in [2.75, 3.05) is 19.0 Å². The molecule has 1 aliphatic rings. The van der Waals surface area contributed by atoms with Crippen molar-refractivity contribution >= 4 is 28.1 Å². The number of anilines is 2. The standard InChI is InChI=1S/C18H24N4O2S/c1-24-14-10-6-5-9-13(14)21-18-15(17(23)22-25-18)16(19)20-11-12-7-3-2-4-8-12/h5-6,9-10,12,21H,2-4,7-8,11H2,1H3,(H2,19,20)(H,22,23). The van der Waals surface area contributed by atoms with Crippen LogP contribution < -0.4 is 15.4 Å². The molecule has 0 saturated heterocycles. The second kappa shape index (κ2) is 8.20. The van der Waals surface area contributed by atoms with Crippen molar-refractivity contribution in [1.29, 1.82) is 5.41 Å². The Balaban J connectivity index is 1.71. The van der Waals surface area contributed by atoms with Gasteiger partial charge >= 0.3 is 0 Å². The van der Waals surface area contributed by atoms with Gasteiger partial charge in [-0.25, -0.2) is 0 Å². The maximum Gasteiger partial charge on any atom is 0.236 e. The zero-order valence-electron chi connectivity index (χ0n) is 14.3. The van der Waals surface area contributed by atoms with Crippen molar-refractivity contribution in [3.05, 3.63) is 29.8 Å². The number of nitrogens with one attached hydrogen (secondary N) is 3. The molecule has 1 saturated carbocycles. The van der Waals surface area contributed by atoms with Gasteiger partial charge in [-0.3, -0.25) is 5.41 Å². The van der Waals surface area contributed by atoms with Crippen molar-refractivity contribution in [3.63, 3.8) is 0 Å². The van der Waals surface area contributed by atoms with E-state index in [1.165, 1.54) is 32.1 Å². The minimum Gasteiger partial charge on any atom is -0.495 e. The van der Waals surface area contributed by atoms with Gasteiger partial charge in [0.05, 0.1) is 12.8 Å². The summed E-state index contributed by atoms with van der Waals surface area (Å²) in [5, 5.41) is 25.4. The van der Waals surface area contributed by atoms with Crippen LogP contribution in [0.15, 0.2) is 24.3 Å². The van der Waals surface area contributed by atoms with Crippen LogP contribution in [0.5, 0.6) is 11.6 Å². The van der Waals surface area contributed by atoms with Crippen LogP contribution in [-0.2, 0) is 0 Å². The van der Waals surface area contributed by atoms with Crippen LogP contribution in [0.1, 0.15) is 37.7 Å². The average molecular weight is 360 g/mol. The molecule has 1 aromatic heterocycles. The molecule has 3 rings (SSSR count). The molecule has 0 aliphatic heterocycles. The number of rotatable bonds is 6. The molecule has 134 valence electrons. The van der Waals surface area contributed by atoms with E-state index >= 15 is 0 Å². The van der Waals surface area contributed by atoms with Crippen molar-refractivity contribution < 1.29 is 9.84 Å². The van der Waals surface area contributed by atoms with E-state index in [9.17, 15) is 5.11 Å². The molecule has 7 heteroatoms. The van der Waals surface area contributed by atoms with Crippen LogP contribution in [0.2, 0.25) is 0 Å². The predicted molar refractivity (Wildman–Crippen MR) is 101 cm³/mol. The third-order valence-corrected chi connectivity index (χ3v) is 5.32. The van der Waals surface area contributed by atoms with Crippen molar-refractivity contribution in [2.45, 2.75) is 32.1 Å². The number of nitrogens with zero attached hydrogens (tertiary/aromatic N) is 1. The number of amidine groups is 1. The number of methoxy groups -OCH3 is 1. The Hall–Kier alpha value is -2.28. The van der Waals surface area contributed by atoms with Crippen molar-refractivity contribution in [2.24, 2.45) is 5.92 Å². The fourth-order valence-electron chi connectivity index (χ4n) is 3.19. The lowest BCUT2D eigenvalue weighted by Crippen LogP contribution is -2.30. The number of hydrogen-bond acceptors (Lipinski definition) is 6. The summed E-state index contributed by atoms with van der Waals surface area (Å²) in [4.78, 5) is 0. The fourth-order valence-corrected chi connectivity index (χ4v) is 3.90. The Labute approximate surface area is 151 Å². The average Bonchev–Trinajstić information content (AvgIpc) is 3.01. The molecule has 0 spiro atoms. The van der Waals surface area contributed by atoms with Gasteiger partial charge in [-0.15, -0.1) is 0 Å². The number of aromatic nitrogens is 1. The van der Waals surface area contributed by atoms with E-state index in [0.29, 0.717) is 22.2 Å². The first-order valence-electron chi connectivity index (χ1n) is 8.60. The molecule has 2 aromatic rings. The van der Waals surface area contributed by atoms with Gasteiger partial charge in [0.25, 0.3) is 0 Å². The molecule has 1 aliphatic carbocycles. The van der Waals surface area contributed by atoms with Gasteiger partial charge in [0.2, 0.25) is 5.88 Å². The monoisotopic (exact) mass is 360 g/mol. The van der Waals surface area contributed by atoms with E-state index in [0.717, 1.165) is 23.8 Å². The maximum absolute atomic E-state index is 10.1. The predicted octanol–water partition coefficient (Wildman–Crippen LogP) is 4.10. The van der Waals surface area contributed by atoms with Crippen LogP contribution in [-0.4, -0.2) is 29.0 Å². The highest BCUT2D eigenvalue weighted by Crippen LogP contribution is 2.35. The molecular formula is C18H24N4O2S. The molecule has 1 heterocycles. The van der Waals surface area contributed by atoms with E-state index in [1.807, 2.05) is 24.3 Å². The lowest BCUT2D eigenvalue weighted by molar-refractivity contribution is 0.356. The summed E-state index contributed by atoms with van der Waals surface area (Å²) in [6.45, 7) is 0.766. The van der Waals surface area contributed by atoms with Gasteiger partial charge in [-0.1, -0.05) is 31.4 Å². The molecule has 0 amide bonds. The third-order valence-electron chi connectivity index (χ3n) is 4.57. The van der Waals surface area contributed by atoms with Crippen LogP contribution in [0.25, 0.3) is 0 Å². The quantitative estimate of drug-likeness (QED) is 0.460. The number of para-hydroxylation sites is 2. The van der Waals surface area contributed by atoms with Gasteiger partial charge < -0.3 is 20.5 Å². The van der Waals surface area contributed by atoms with Gasteiger partial charge in [-0.2, -0.15) is 4.37 Å². The van der Waals surface area contributed by atoms with E-state index in [2.05, 4.69) is 15.0 Å². The highest BCUT2D eigenvalue weighted by atomic mass is 32.1. The second-order valence-electron chi connectivity index (χ2n) is 6.30. The SMILES string of the molecule is COc1ccccc1Nc1snc(O)c1C(=N)NCC1CCCCC1.